The number of benzene rings is 2. The highest BCUT2D eigenvalue weighted by Gasteiger charge is 2.40. The van der Waals surface area contributed by atoms with E-state index in [0.29, 0.717) is 31.0 Å². The van der Waals surface area contributed by atoms with Crippen molar-refractivity contribution in [2.75, 3.05) is 19.6 Å². The lowest BCUT2D eigenvalue weighted by molar-refractivity contribution is -0.122. The van der Waals surface area contributed by atoms with Gasteiger partial charge in [-0.05, 0) is 48.2 Å². The van der Waals surface area contributed by atoms with Gasteiger partial charge in [-0.2, -0.15) is 0 Å². The van der Waals surface area contributed by atoms with Crippen molar-refractivity contribution in [2.45, 2.75) is 36.9 Å². The molecule has 1 atom stereocenters. The third kappa shape index (κ3) is 4.87. The molecule has 3 nitrogen and oxygen atoms in total. The highest BCUT2D eigenvalue weighted by molar-refractivity contribution is 6.30. The van der Waals surface area contributed by atoms with E-state index in [1.165, 1.54) is 12.1 Å². The van der Waals surface area contributed by atoms with Crippen LogP contribution in [0, 0.1) is 5.82 Å². The first kappa shape index (κ1) is 21.1. The molecule has 1 saturated heterocycles. The topological polar surface area (TPSA) is 43.7 Å². The Hall–Kier alpha value is -1.60. The van der Waals surface area contributed by atoms with Crippen molar-refractivity contribution in [1.82, 2.24) is 4.90 Å². The van der Waals surface area contributed by atoms with Crippen LogP contribution < -0.4 is 0 Å². The quantitative estimate of drug-likeness (QED) is 0.731. The molecule has 28 heavy (non-hydrogen) atoms. The molecule has 0 saturated carbocycles. The smallest absolute Gasteiger partial charge is 0.278 e. The lowest BCUT2D eigenvalue weighted by Crippen LogP contribution is -2.44. The Labute approximate surface area is 167 Å². The Morgan fingerprint density at radius 1 is 1.04 bits per heavy atom. The monoisotopic (exact) mass is 413 g/mol. The van der Waals surface area contributed by atoms with E-state index in [1.54, 1.807) is 24.3 Å². The Balaban J connectivity index is 1.54. The Morgan fingerprint density at radius 3 is 2.18 bits per heavy atom. The zero-order chi connectivity index (χ0) is 20.4. The average molecular weight is 414 g/mol. The summed E-state index contributed by atoms with van der Waals surface area (Å²) in [5.41, 5.74) is -0.229. The van der Waals surface area contributed by atoms with Gasteiger partial charge in [-0.3, -0.25) is 0 Å². The van der Waals surface area contributed by atoms with Gasteiger partial charge in [0.1, 0.15) is 11.9 Å². The number of rotatable bonds is 6. The fraction of sp³-hybridized carbons (Fsp3) is 0.429. The van der Waals surface area contributed by atoms with E-state index in [4.69, 9.17) is 11.6 Å². The number of hydrogen-bond acceptors (Lipinski definition) is 3. The minimum absolute atomic E-state index is 0.0119. The molecule has 0 radical (unpaired) electrons. The highest BCUT2D eigenvalue weighted by Crippen LogP contribution is 2.36. The van der Waals surface area contributed by atoms with Crippen LogP contribution in [0.15, 0.2) is 48.5 Å². The van der Waals surface area contributed by atoms with Crippen LogP contribution in [0.2, 0.25) is 5.02 Å². The first-order valence-corrected chi connectivity index (χ1v) is 9.60. The lowest BCUT2D eigenvalue weighted by atomic mass is 9.84. The van der Waals surface area contributed by atoms with Crippen molar-refractivity contribution in [2.24, 2.45) is 0 Å². The second kappa shape index (κ2) is 8.41. The van der Waals surface area contributed by atoms with Gasteiger partial charge in [0.2, 0.25) is 0 Å². The zero-order valence-electron chi connectivity index (χ0n) is 15.3. The molecule has 152 valence electrons. The van der Waals surface area contributed by atoms with E-state index in [0.717, 1.165) is 17.7 Å². The molecular formula is C21H23ClF3NO2. The molecule has 1 fully saturated rings. The van der Waals surface area contributed by atoms with Gasteiger partial charge in [-0.15, -0.1) is 0 Å². The summed E-state index contributed by atoms with van der Waals surface area (Å²) < 4.78 is 41.7. The van der Waals surface area contributed by atoms with Crippen LogP contribution in [0.5, 0.6) is 0 Å². The minimum Gasteiger partial charge on any atom is -0.385 e. The SMILES string of the molecule is OC(c1ccc(F)cc1)C(F)(F)CCN1CCC(O)(c2ccc(Cl)cc2)CC1. The molecule has 0 bridgehead atoms. The third-order valence-corrected chi connectivity index (χ3v) is 5.66. The van der Waals surface area contributed by atoms with Crippen molar-refractivity contribution in [3.05, 3.63) is 70.5 Å². The number of hydrogen-bond donors (Lipinski definition) is 2. The molecule has 1 aliphatic rings. The standard InChI is InChI=1S/C21H23ClF3NO2/c22-17-5-3-16(4-6-17)20(28)9-12-26(13-10-20)14-11-21(24,25)19(27)15-1-7-18(23)8-2-15/h1-8,19,27-28H,9-14H2. The lowest BCUT2D eigenvalue weighted by Gasteiger charge is -2.39. The summed E-state index contributed by atoms with van der Waals surface area (Å²) in [5, 5.41) is 21.4. The normalized spacial score (nSPS) is 18.8. The van der Waals surface area contributed by atoms with E-state index < -0.39 is 29.9 Å². The molecule has 2 aromatic rings. The summed E-state index contributed by atoms with van der Waals surface area (Å²) in [6.45, 7) is 1.05. The summed E-state index contributed by atoms with van der Waals surface area (Å²) in [4.78, 5) is 1.86. The van der Waals surface area contributed by atoms with Gasteiger partial charge in [-0.1, -0.05) is 35.9 Å². The van der Waals surface area contributed by atoms with Gasteiger partial charge >= 0.3 is 0 Å². The van der Waals surface area contributed by atoms with Crippen molar-refractivity contribution < 1.29 is 23.4 Å². The van der Waals surface area contributed by atoms with Crippen LogP contribution in [0.1, 0.15) is 36.5 Å². The van der Waals surface area contributed by atoms with Crippen LogP contribution in [0.4, 0.5) is 13.2 Å². The number of halogens is 4. The summed E-state index contributed by atoms with van der Waals surface area (Å²) in [5.74, 6) is -3.87. The number of aliphatic hydroxyl groups is 2. The van der Waals surface area contributed by atoms with Gasteiger partial charge < -0.3 is 15.1 Å². The highest BCUT2D eigenvalue weighted by atomic mass is 35.5. The number of alkyl halides is 2. The van der Waals surface area contributed by atoms with Crippen LogP contribution in [-0.2, 0) is 5.60 Å². The van der Waals surface area contributed by atoms with Crippen LogP contribution in [-0.4, -0.2) is 40.7 Å². The molecule has 1 heterocycles. The molecule has 0 aromatic heterocycles. The Kier molecular flexibility index (Phi) is 6.34. The largest absolute Gasteiger partial charge is 0.385 e. The van der Waals surface area contributed by atoms with Crippen LogP contribution in [0.3, 0.4) is 0 Å². The molecular weight excluding hydrogens is 391 g/mol. The van der Waals surface area contributed by atoms with Crippen LogP contribution >= 0.6 is 11.6 Å². The average Bonchev–Trinajstić information content (AvgIpc) is 2.68. The van der Waals surface area contributed by atoms with E-state index in [2.05, 4.69) is 0 Å². The molecule has 2 N–H and O–H groups in total. The zero-order valence-corrected chi connectivity index (χ0v) is 16.0. The molecule has 0 aliphatic carbocycles. The minimum atomic E-state index is -3.33. The van der Waals surface area contributed by atoms with E-state index >= 15 is 0 Å². The molecule has 0 spiro atoms. The van der Waals surface area contributed by atoms with E-state index in [9.17, 15) is 23.4 Å². The van der Waals surface area contributed by atoms with Crippen molar-refractivity contribution in [3.63, 3.8) is 0 Å². The van der Waals surface area contributed by atoms with E-state index in [1.807, 2.05) is 4.90 Å². The van der Waals surface area contributed by atoms with Gasteiger partial charge in [0, 0.05) is 31.1 Å². The maximum absolute atomic E-state index is 14.4. The molecule has 3 rings (SSSR count). The summed E-state index contributed by atoms with van der Waals surface area (Å²) in [6, 6.07) is 11.4. The van der Waals surface area contributed by atoms with E-state index in [-0.39, 0.29) is 12.1 Å². The first-order valence-electron chi connectivity index (χ1n) is 9.22. The summed E-state index contributed by atoms with van der Waals surface area (Å²) in [6.07, 6.45) is -1.64. The predicted octanol–water partition coefficient (Wildman–Crippen LogP) is 4.52. The Bertz CT molecular complexity index is 775. The van der Waals surface area contributed by atoms with Gasteiger partial charge in [0.15, 0.2) is 0 Å². The van der Waals surface area contributed by atoms with Crippen molar-refractivity contribution >= 4 is 11.6 Å². The number of piperidine rings is 1. The fourth-order valence-corrected chi connectivity index (χ4v) is 3.65. The van der Waals surface area contributed by atoms with Gasteiger partial charge in [-0.25, -0.2) is 13.2 Å². The first-order chi connectivity index (χ1) is 13.2. The third-order valence-electron chi connectivity index (χ3n) is 5.41. The molecule has 7 heteroatoms. The summed E-state index contributed by atoms with van der Waals surface area (Å²) >= 11 is 5.88. The maximum atomic E-state index is 14.4. The predicted molar refractivity (Wildman–Crippen MR) is 102 cm³/mol. The second-order valence-electron chi connectivity index (χ2n) is 7.35. The molecule has 1 aliphatic heterocycles. The van der Waals surface area contributed by atoms with Crippen molar-refractivity contribution in [1.29, 1.82) is 0 Å². The van der Waals surface area contributed by atoms with Crippen LogP contribution in [0.25, 0.3) is 0 Å². The van der Waals surface area contributed by atoms with Gasteiger partial charge in [0.25, 0.3) is 5.92 Å². The summed E-state index contributed by atoms with van der Waals surface area (Å²) in [7, 11) is 0. The Morgan fingerprint density at radius 2 is 1.61 bits per heavy atom. The number of nitrogens with zero attached hydrogens (tertiary/aromatic N) is 1. The van der Waals surface area contributed by atoms with Gasteiger partial charge in [0.05, 0.1) is 5.60 Å². The maximum Gasteiger partial charge on any atom is 0.278 e. The molecule has 0 amide bonds. The number of aliphatic hydroxyl groups excluding tert-OH is 1. The molecule has 2 aromatic carbocycles. The fourth-order valence-electron chi connectivity index (χ4n) is 3.53. The second-order valence-corrected chi connectivity index (χ2v) is 7.78. The number of likely N-dealkylation sites (tertiary alicyclic amines) is 1. The van der Waals surface area contributed by atoms with Crippen molar-refractivity contribution in [3.8, 4) is 0 Å². The molecule has 1 unspecified atom stereocenters.